The summed E-state index contributed by atoms with van der Waals surface area (Å²) >= 11 is 0. The molecule has 1 atom stereocenters. The van der Waals surface area contributed by atoms with E-state index in [1.54, 1.807) is 0 Å². The maximum absolute atomic E-state index is 12.3. The summed E-state index contributed by atoms with van der Waals surface area (Å²) in [4.78, 5) is 2.24. The SMILES string of the molecule is CC12CCCN1/C(=C\F)CC2. The maximum atomic E-state index is 12.3. The predicted molar refractivity (Wildman–Crippen MR) is 42.8 cm³/mol. The van der Waals surface area contributed by atoms with E-state index < -0.39 is 0 Å². The summed E-state index contributed by atoms with van der Waals surface area (Å²) in [5.74, 6) is 0. The minimum absolute atomic E-state index is 0.303. The Morgan fingerprint density at radius 1 is 1.55 bits per heavy atom. The van der Waals surface area contributed by atoms with Crippen molar-refractivity contribution < 1.29 is 4.39 Å². The van der Waals surface area contributed by atoms with Crippen LogP contribution < -0.4 is 0 Å². The van der Waals surface area contributed by atoms with Gasteiger partial charge in [0, 0.05) is 17.8 Å². The van der Waals surface area contributed by atoms with Gasteiger partial charge in [-0.05, 0) is 32.6 Å². The minimum Gasteiger partial charge on any atom is -0.368 e. The summed E-state index contributed by atoms with van der Waals surface area (Å²) in [6, 6.07) is 0. The van der Waals surface area contributed by atoms with Crippen LogP contribution in [0.5, 0.6) is 0 Å². The number of allylic oxidation sites excluding steroid dienone is 1. The molecule has 11 heavy (non-hydrogen) atoms. The van der Waals surface area contributed by atoms with E-state index in [1.165, 1.54) is 12.8 Å². The fraction of sp³-hybridized carbons (Fsp3) is 0.778. The van der Waals surface area contributed by atoms with E-state index in [9.17, 15) is 4.39 Å². The fourth-order valence-electron chi connectivity index (χ4n) is 2.42. The van der Waals surface area contributed by atoms with Crippen molar-refractivity contribution in [2.75, 3.05) is 6.54 Å². The molecule has 0 aromatic heterocycles. The highest BCUT2D eigenvalue weighted by Crippen LogP contribution is 2.43. The molecule has 1 nitrogen and oxygen atoms in total. The Kier molecular flexibility index (Phi) is 1.44. The first-order valence-corrected chi connectivity index (χ1v) is 4.33. The summed E-state index contributed by atoms with van der Waals surface area (Å²) < 4.78 is 12.3. The van der Waals surface area contributed by atoms with Crippen LogP contribution >= 0.6 is 0 Å². The highest BCUT2D eigenvalue weighted by molar-refractivity contribution is 5.14. The quantitative estimate of drug-likeness (QED) is 0.519. The van der Waals surface area contributed by atoms with Crippen molar-refractivity contribution in [1.82, 2.24) is 4.90 Å². The molecule has 2 heterocycles. The molecule has 2 saturated heterocycles. The van der Waals surface area contributed by atoms with E-state index in [0.29, 0.717) is 5.54 Å². The highest BCUT2D eigenvalue weighted by Gasteiger charge is 2.42. The molecule has 0 aromatic rings. The van der Waals surface area contributed by atoms with Gasteiger partial charge in [0.25, 0.3) is 0 Å². The molecule has 0 saturated carbocycles. The molecule has 0 amide bonds. The van der Waals surface area contributed by atoms with Crippen molar-refractivity contribution in [2.45, 2.75) is 38.1 Å². The van der Waals surface area contributed by atoms with Gasteiger partial charge in [-0.15, -0.1) is 0 Å². The van der Waals surface area contributed by atoms with E-state index in [2.05, 4.69) is 11.8 Å². The van der Waals surface area contributed by atoms with Gasteiger partial charge >= 0.3 is 0 Å². The zero-order valence-electron chi connectivity index (χ0n) is 6.94. The lowest BCUT2D eigenvalue weighted by molar-refractivity contribution is 0.246. The molecule has 62 valence electrons. The van der Waals surface area contributed by atoms with Crippen LogP contribution in [-0.2, 0) is 0 Å². The first-order valence-electron chi connectivity index (χ1n) is 4.33. The van der Waals surface area contributed by atoms with Crippen LogP contribution in [0.15, 0.2) is 12.0 Å². The Labute approximate surface area is 66.9 Å². The van der Waals surface area contributed by atoms with Gasteiger partial charge in [0.05, 0.1) is 0 Å². The Balaban J connectivity index is 2.26. The lowest BCUT2D eigenvalue weighted by Gasteiger charge is -2.29. The van der Waals surface area contributed by atoms with Crippen LogP contribution in [0.3, 0.4) is 0 Å². The van der Waals surface area contributed by atoms with Gasteiger partial charge in [-0.1, -0.05) is 0 Å². The van der Waals surface area contributed by atoms with Gasteiger partial charge in [-0.2, -0.15) is 0 Å². The Morgan fingerprint density at radius 2 is 2.36 bits per heavy atom. The molecule has 0 bridgehead atoms. The predicted octanol–water partition coefficient (Wildman–Crippen LogP) is 2.45. The zero-order valence-corrected chi connectivity index (χ0v) is 6.94. The topological polar surface area (TPSA) is 3.24 Å². The summed E-state index contributed by atoms with van der Waals surface area (Å²) in [6.45, 7) is 3.31. The van der Waals surface area contributed by atoms with Crippen molar-refractivity contribution in [3.63, 3.8) is 0 Å². The summed E-state index contributed by atoms with van der Waals surface area (Å²) in [5, 5.41) is 0. The van der Waals surface area contributed by atoms with Crippen molar-refractivity contribution in [1.29, 1.82) is 0 Å². The molecule has 2 rings (SSSR count). The number of halogens is 1. The number of fused-ring (bicyclic) bond motifs is 1. The molecule has 0 aliphatic carbocycles. The number of hydrogen-bond acceptors (Lipinski definition) is 1. The lowest BCUT2D eigenvalue weighted by Crippen LogP contribution is -2.33. The molecule has 2 fully saturated rings. The standard InChI is InChI=1S/C9H14FN/c1-9-4-2-6-11(9)8(7-10)3-5-9/h7H,2-6H2,1H3/b8-7-. The van der Waals surface area contributed by atoms with E-state index >= 15 is 0 Å². The van der Waals surface area contributed by atoms with Crippen molar-refractivity contribution >= 4 is 0 Å². The van der Waals surface area contributed by atoms with E-state index in [0.717, 1.165) is 31.4 Å². The third-order valence-corrected chi connectivity index (χ3v) is 3.14. The lowest BCUT2D eigenvalue weighted by atomic mass is 9.97. The molecule has 0 radical (unpaired) electrons. The van der Waals surface area contributed by atoms with Gasteiger partial charge in [0.1, 0.15) is 6.33 Å². The van der Waals surface area contributed by atoms with Gasteiger partial charge in [-0.3, -0.25) is 0 Å². The Bertz CT molecular complexity index is 200. The first kappa shape index (κ1) is 7.14. The monoisotopic (exact) mass is 155 g/mol. The third-order valence-electron chi connectivity index (χ3n) is 3.14. The smallest absolute Gasteiger partial charge is 0.106 e. The Hall–Kier alpha value is -0.530. The van der Waals surface area contributed by atoms with Crippen LogP contribution in [0.1, 0.15) is 32.6 Å². The number of nitrogens with zero attached hydrogens (tertiary/aromatic N) is 1. The zero-order chi connectivity index (χ0) is 7.90. The van der Waals surface area contributed by atoms with Gasteiger partial charge in [-0.25, -0.2) is 4.39 Å². The molecular weight excluding hydrogens is 141 g/mol. The second-order valence-corrected chi connectivity index (χ2v) is 3.85. The minimum atomic E-state index is 0.303. The van der Waals surface area contributed by atoms with Crippen LogP contribution in [0.4, 0.5) is 4.39 Å². The van der Waals surface area contributed by atoms with Crippen LogP contribution in [0, 0.1) is 0 Å². The molecule has 0 N–H and O–H groups in total. The van der Waals surface area contributed by atoms with Gasteiger partial charge < -0.3 is 4.90 Å². The largest absolute Gasteiger partial charge is 0.368 e. The summed E-state index contributed by atoms with van der Waals surface area (Å²) in [5.41, 5.74) is 1.22. The average Bonchev–Trinajstić information content (AvgIpc) is 2.45. The average molecular weight is 155 g/mol. The van der Waals surface area contributed by atoms with Crippen LogP contribution in [-0.4, -0.2) is 17.0 Å². The second-order valence-electron chi connectivity index (χ2n) is 3.85. The molecule has 2 aliphatic heterocycles. The van der Waals surface area contributed by atoms with E-state index in [4.69, 9.17) is 0 Å². The molecular formula is C9H14FN. The van der Waals surface area contributed by atoms with Crippen LogP contribution in [0.25, 0.3) is 0 Å². The number of rotatable bonds is 0. The Morgan fingerprint density at radius 3 is 3.09 bits per heavy atom. The van der Waals surface area contributed by atoms with Gasteiger partial charge in [0.15, 0.2) is 0 Å². The fourth-order valence-corrected chi connectivity index (χ4v) is 2.42. The summed E-state index contributed by atoms with van der Waals surface area (Å²) in [6.07, 6.45) is 5.34. The van der Waals surface area contributed by atoms with E-state index in [1.807, 2.05) is 0 Å². The molecule has 0 spiro atoms. The molecule has 1 unspecified atom stereocenters. The van der Waals surface area contributed by atoms with Crippen molar-refractivity contribution in [2.24, 2.45) is 0 Å². The maximum Gasteiger partial charge on any atom is 0.106 e. The molecule has 2 aliphatic rings. The van der Waals surface area contributed by atoms with Crippen molar-refractivity contribution in [3.8, 4) is 0 Å². The molecule has 0 aromatic carbocycles. The number of hydrogen-bond donors (Lipinski definition) is 0. The van der Waals surface area contributed by atoms with E-state index in [-0.39, 0.29) is 0 Å². The van der Waals surface area contributed by atoms with Crippen LogP contribution in [0.2, 0.25) is 0 Å². The third kappa shape index (κ3) is 0.883. The second kappa shape index (κ2) is 2.23. The normalized spacial score (nSPS) is 40.2. The first-order chi connectivity index (χ1) is 5.26. The van der Waals surface area contributed by atoms with Gasteiger partial charge in [0.2, 0.25) is 0 Å². The summed E-state index contributed by atoms with van der Waals surface area (Å²) in [7, 11) is 0. The van der Waals surface area contributed by atoms with Crippen molar-refractivity contribution in [3.05, 3.63) is 12.0 Å². The molecule has 2 heteroatoms. The highest BCUT2D eigenvalue weighted by atomic mass is 19.1.